The van der Waals surface area contributed by atoms with Gasteiger partial charge in [-0.3, -0.25) is 4.79 Å². The van der Waals surface area contributed by atoms with Crippen molar-refractivity contribution >= 4 is 17.5 Å². The number of benzene rings is 2. The maximum absolute atomic E-state index is 12.6. The molecule has 1 aromatic heterocycles. The molecule has 1 atom stereocenters. The van der Waals surface area contributed by atoms with E-state index in [1.807, 2.05) is 24.3 Å². The lowest BCUT2D eigenvalue weighted by molar-refractivity contribution is 0.0917. The summed E-state index contributed by atoms with van der Waals surface area (Å²) in [6, 6.07) is 15.7. The monoisotopic (exact) mass is 397 g/mol. The van der Waals surface area contributed by atoms with Crippen LogP contribution in [0.2, 0.25) is 5.02 Å². The standard InChI is InChI=1S/C21H20ClN3O3/c1-13(12-26)23-21(27)19-11-18(14-3-7-16(22)8-4-14)24-20(25-19)15-5-9-17(28-2)10-6-15/h3-11,13,26H,12H2,1-2H3,(H,23,27). The minimum Gasteiger partial charge on any atom is -0.497 e. The van der Waals surface area contributed by atoms with Crippen LogP contribution in [0.4, 0.5) is 0 Å². The van der Waals surface area contributed by atoms with Gasteiger partial charge in [0.2, 0.25) is 0 Å². The summed E-state index contributed by atoms with van der Waals surface area (Å²) in [4.78, 5) is 21.6. The van der Waals surface area contributed by atoms with Crippen molar-refractivity contribution in [2.24, 2.45) is 0 Å². The molecule has 1 amide bonds. The van der Waals surface area contributed by atoms with Crippen molar-refractivity contribution in [3.05, 3.63) is 65.3 Å². The predicted octanol–water partition coefficient (Wildman–Crippen LogP) is 3.58. The molecule has 0 aliphatic rings. The van der Waals surface area contributed by atoms with Gasteiger partial charge in [-0.25, -0.2) is 9.97 Å². The Bertz CT molecular complexity index is 960. The van der Waals surface area contributed by atoms with Gasteiger partial charge in [-0.15, -0.1) is 0 Å². The molecule has 0 radical (unpaired) electrons. The maximum Gasteiger partial charge on any atom is 0.270 e. The Morgan fingerprint density at radius 3 is 2.36 bits per heavy atom. The van der Waals surface area contributed by atoms with Crippen molar-refractivity contribution in [3.63, 3.8) is 0 Å². The highest BCUT2D eigenvalue weighted by Crippen LogP contribution is 2.25. The first-order valence-electron chi connectivity index (χ1n) is 8.71. The van der Waals surface area contributed by atoms with Crippen LogP contribution in [0.25, 0.3) is 22.6 Å². The molecule has 1 unspecified atom stereocenters. The van der Waals surface area contributed by atoms with Crippen LogP contribution in [-0.2, 0) is 0 Å². The molecule has 6 nitrogen and oxygen atoms in total. The lowest BCUT2D eigenvalue weighted by Gasteiger charge is -2.12. The fourth-order valence-corrected chi connectivity index (χ4v) is 2.67. The first-order valence-corrected chi connectivity index (χ1v) is 9.09. The molecule has 144 valence electrons. The minimum atomic E-state index is -0.383. The van der Waals surface area contributed by atoms with E-state index >= 15 is 0 Å². The van der Waals surface area contributed by atoms with Crippen molar-refractivity contribution in [1.82, 2.24) is 15.3 Å². The molecule has 2 N–H and O–H groups in total. The summed E-state index contributed by atoms with van der Waals surface area (Å²) in [7, 11) is 1.59. The number of halogens is 1. The molecule has 28 heavy (non-hydrogen) atoms. The Balaban J connectivity index is 2.07. The smallest absolute Gasteiger partial charge is 0.270 e. The van der Waals surface area contributed by atoms with Gasteiger partial charge >= 0.3 is 0 Å². The van der Waals surface area contributed by atoms with Crippen LogP contribution in [0.15, 0.2) is 54.6 Å². The van der Waals surface area contributed by atoms with Gasteiger partial charge < -0.3 is 15.2 Å². The number of aromatic nitrogens is 2. The average Bonchev–Trinajstić information content (AvgIpc) is 2.73. The van der Waals surface area contributed by atoms with Crippen molar-refractivity contribution in [1.29, 1.82) is 0 Å². The van der Waals surface area contributed by atoms with Gasteiger partial charge in [0.25, 0.3) is 5.91 Å². The van der Waals surface area contributed by atoms with E-state index in [2.05, 4.69) is 15.3 Å². The summed E-state index contributed by atoms with van der Waals surface area (Å²) in [6.45, 7) is 1.55. The van der Waals surface area contributed by atoms with Crippen molar-refractivity contribution in [2.75, 3.05) is 13.7 Å². The van der Waals surface area contributed by atoms with Gasteiger partial charge in [0.1, 0.15) is 11.4 Å². The Morgan fingerprint density at radius 2 is 1.75 bits per heavy atom. The number of nitrogens with one attached hydrogen (secondary N) is 1. The molecule has 3 rings (SSSR count). The van der Waals surface area contributed by atoms with E-state index in [9.17, 15) is 9.90 Å². The van der Waals surface area contributed by atoms with Crippen molar-refractivity contribution < 1.29 is 14.6 Å². The van der Waals surface area contributed by atoms with E-state index in [0.717, 1.165) is 11.1 Å². The molecule has 0 saturated carbocycles. The molecule has 0 fully saturated rings. The maximum atomic E-state index is 12.6. The SMILES string of the molecule is COc1ccc(-c2nc(C(=O)NC(C)CO)cc(-c3ccc(Cl)cc3)n2)cc1. The van der Waals surface area contributed by atoms with E-state index < -0.39 is 0 Å². The number of hydrogen-bond donors (Lipinski definition) is 2. The highest BCUT2D eigenvalue weighted by atomic mass is 35.5. The second-order valence-electron chi connectivity index (χ2n) is 6.25. The third kappa shape index (κ3) is 4.65. The number of carbonyl (C=O) groups is 1. The Morgan fingerprint density at radius 1 is 1.11 bits per heavy atom. The topological polar surface area (TPSA) is 84.3 Å². The number of rotatable bonds is 6. The molecular weight excluding hydrogens is 378 g/mol. The van der Waals surface area contributed by atoms with E-state index in [-0.39, 0.29) is 24.2 Å². The van der Waals surface area contributed by atoms with Gasteiger partial charge in [-0.1, -0.05) is 23.7 Å². The molecule has 1 heterocycles. The normalized spacial score (nSPS) is 11.7. The summed E-state index contributed by atoms with van der Waals surface area (Å²) in [5.41, 5.74) is 2.37. The van der Waals surface area contributed by atoms with Gasteiger partial charge in [0.15, 0.2) is 5.82 Å². The van der Waals surface area contributed by atoms with Crippen LogP contribution in [0.1, 0.15) is 17.4 Å². The van der Waals surface area contributed by atoms with Crippen LogP contribution < -0.4 is 10.1 Å². The first-order chi connectivity index (χ1) is 13.5. The fraction of sp³-hybridized carbons (Fsp3) is 0.190. The Hall–Kier alpha value is -2.96. The average molecular weight is 398 g/mol. The molecule has 0 spiro atoms. The Kier molecular flexibility index (Phi) is 6.23. The van der Waals surface area contributed by atoms with E-state index in [4.69, 9.17) is 16.3 Å². The van der Waals surface area contributed by atoms with Crippen molar-refractivity contribution in [2.45, 2.75) is 13.0 Å². The lowest BCUT2D eigenvalue weighted by Crippen LogP contribution is -2.35. The number of hydrogen-bond acceptors (Lipinski definition) is 5. The fourth-order valence-electron chi connectivity index (χ4n) is 2.54. The summed E-state index contributed by atoms with van der Waals surface area (Å²) in [6.07, 6.45) is 0. The molecular formula is C21H20ClN3O3. The number of carbonyl (C=O) groups excluding carboxylic acids is 1. The second-order valence-corrected chi connectivity index (χ2v) is 6.69. The van der Waals surface area contributed by atoms with Gasteiger partial charge in [-0.05, 0) is 49.4 Å². The van der Waals surface area contributed by atoms with Crippen LogP contribution in [0.5, 0.6) is 5.75 Å². The number of aliphatic hydroxyl groups is 1. The van der Waals surface area contributed by atoms with Gasteiger partial charge in [-0.2, -0.15) is 0 Å². The molecule has 0 aliphatic heterocycles. The van der Waals surface area contributed by atoms with Gasteiger partial charge in [0.05, 0.1) is 19.4 Å². The minimum absolute atomic E-state index is 0.161. The molecule has 7 heteroatoms. The van der Waals surface area contributed by atoms with Crippen LogP contribution in [0.3, 0.4) is 0 Å². The number of nitrogens with zero attached hydrogens (tertiary/aromatic N) is 2. The molecule has 0 bridgehead atoms. The number of methoxy groups -OCH3 is 1. The summed E-state index contributed by atoms with van der Waals surface area (Å²) in [5.74, 6) is 0.748. The number of amides is 1. The highest BCUT2D eigenvalue weighted by molar-refractivity contribution is 6.30. The predicted molar refractivity (Wildman–Crippen MR) is 108 cm³/mol. The highest BCUT2D eigenvalue weighted by Gasteiger charge is 2.16. The van der Waals surface area contributed by atoms with Gasteiger partial charge in [0, 0.05) is 22.2 Å². The van der Waals surface area contributed by atoms with Crippen molar-refractivity contribution in [3.8, 4) is 28.4 Å². The largest absolute Gasteiger partial charge is 0.497 e. The quantitative estimate of drug-likeness (QED) is 0.664. The number of ether oxygens (including phenoxy) is 1. The zero-order valence-corrected chi connectivity index (χ0v) is 16.3. The molecule has 0 saturated heterocycles. The number of aliphatic hydroxyl groups excluding tert-OH is 1. The third-order valence-corrected chi connectivity index (χ3v) is 4.35. The lowest BCUT2D eigenvalue weighted by atomic mass is 10.1. The van der Waals surface area contributed by atoms with E-state index in [0.29, 0.717) is 22.3 Å². The Labute approximate surface area is 168 Å². The van der Waals surface area contributed by atoms with Crippen LogP contribution in [-0.4, -0.2) is 40.7 Å². The summed E-state index contributed by atoms with van der Waals surface area (Å²) >= 11 is 5.98. The van der Waals surface area contributed by atoms with Crippen LogP contribution in [0, 0.1) is 0 Å². The van der Waals surface area contributed by atoms with E-state index in [1.54, 1.807) is 44.4 Å². The van der Waals surface area contributed by atoms with E-state index in [1.165, 1.54) is 0 Å². The second kappa shape index (κ2) is 8.82. The molecule has 3 aromatic rings. The summed E-state index contributed by atoms with van der Waals surface area (Å²) < 4.78 is 5.19. The third-order valence-electron chi connectivity index (χ3n) is 4.10. The zero-order valence-electron chi connectivity index (χ0n) is 15.5. The molecule has 0 aliphatic carbocycles. The molecule has 2 aromatic carbocycles. The zero-order chi connectivity index (χ0) is 20.1. The summed E-state index contributed by atoms with van der Waals surface area (Å²) in [5, 5.41) is 12.5. The first kappa shape index (κ1) is 19.8. The van der Waals surface area contributed by atoms with Crippen LogP contribution >= 0.6 is 11.6 Å².